The summed E-state index contributed by atoms with van der Waals surface area (Å²) in [5, 5.41) is 15.7. The van der Waals surface area contributed by atoms with Gasteiger partial charge < -0.3 is 14.3 Å². The summed E-state index contributed by atoms with van der Waals surface area (Å²) in [5.74, 6) is 1.03. The summed E-state index contributed by atoms with van der Waals surface area (Å²) in [4.78, 5) is 3.87. The van der Waals surface area contributed by atoms with E-state index in [0.29, 0.717) is 18.8 Å². The third-order valence-electron chi connectivity index (χ3n) is 5.93. The van der Waals surface area contributed by atoms with Gasteiger partial charge in [0.2, 0.25) is 0 Å². The van der Waals surface area contributed by atoms with Gasteiger partial charge in [0.1, 0.15) is 17.3 Å². The highest BCUT2D eigenvalue weighted by Crippen LogP contribution is 2.41. The van der Waals surface area contributed by atoms with Gasteiger partial charge in [-0.25, -0.2) is 4.39 Å². The van der Waals surface area contributed by atoms with E-state index >= 15 is 0 Å². The van der Waals surface area contributed by atoms with Crippen molar-refractivity contribution in [1.29, 1.82) is 0 Å². The maximum Gasteiger partial charge on any atom is 0.191 e. The van der Waals surface area contributed by atoms with Crippen molar-refractivity contribution in [3.05, 3.63) is 104 Å². The smallest absolute Gasteiger partial charge is 0.191 e. The maximum absolute atomic E-state index is 13.8. The van der Waals surface area contributed by atoms with E-state index in [0.717, 1.165) is 47.1 Å². The Labute approximate surface area is 200 Å². The van der Waals surface area contributed by atoms with Crippen LogP contribution in [0.5, 0.6) is 0 Å². The maximum atomic E-state index is 13.8. The van der Waals surface area contributed by atoms with Crippen molar-refractivity contribution in [2.45, 2.75) is 37.6 Å². The fraction of sp³-hybridized carbons (Fsp3) is 0.308. The third kappa shape index (κ3) is 4.98. The zero-order valence-electron chi connectivity index (χ0n) is 18.2. The van der Waals surface area contributed by atoms with Crippen molar-refractivity contribution in [3.63, 3.8) is 0 Å². The van der Waals surface area contributed by atoms with Gasteiger partial charge in [-0.3, -0.25) is 4.90 Å². The van der Waals surface area contributed by atoms with Crippen LogP contribution in [-0.2, 0) is 23.4 Å². The monoisotopic (exact) mass is 483 g/mol. The number of aliphatic hydroxyl groups is 1. The molecule has 3 aromatic heterocycles. The van der Waals surface area contributed by atoms with Gasteiger partial charge in [0, 0.05) is 29.5 Å². The number of benzene rings is 1. The Morgan fingerprint density at radius 2 is 1.79 bits per heavy atom. The molecule has 4 aromatic rings. The highest BCUT2D eigenvalue weighted by molar-refractivity contribution is 7.11. The van der Waals surface area contributed by atoms with Gasteiger partial charge in [-0.1, -0.05) is 24.3 Å². The lowest BCUT2D eigenvalue weighted by molar-refractivity contribution is 0.0634. The molecule has 5 rings (SSSR count). The molecule has 0 spiro atoms. The molecule has 0 aliphatic carbocycles. The van der Waals surface area contributed by atoms with Crippen LogP contribution in [0.1, 0.15) is 39.7 Å². The SMILES string of the molecule is OC(c1ccc(CN(Cc2cccc(F)c2)CC2CCCO2)o1)(c1cccs1)c1cccs1. The van der Waals surface area contributed by atoms with Crippen LogP contribution in [0.3, 0.4) is 0 Å². The van der Waals surface area contributed by atoms with Crippen LogP contribution < -0.4 is 0 Å². The van der Waals surface area contributed by atoms with E-state index in [4.69, 9.17) is 9.15 Å². The quantitative estimate of drug-likeness (QED) is 0.317. The average molecular weight is 484 g/mol. The van der Waals surface area contributed by atoms with Gasteiger partial charge >= 0.3 is 0 Å². The van der Waals surface area contributed by atoms with Crippen LogP contribution in [0.25, 0.3) is 0 Å². The van der Waals surface area contributed by atoms with Crippen molar-refractivity contribution in [3.8, 4) is 0 Å². The topological polar surface area (TPSA) is 45.8 Å². The van der Waals surface area contributed by atoms with Crippen LogP contribution in [0, 0.1) is 5.82 Å². The number of ether oxygens (including phenoxy) is 1. The molecule has 1 fully saturated rings. The molecular formula is C26H26FNO3S2. The molecule has 0 bridgehead atoms. The Hall–Kier alpha value is -2.29. The van der Waals surface area contributed by atoms with Gasteiger partial charge in [0.15, 0.2) is 5.60 Å². The van der Waals surface area contributed by atoms with E-state index in [2.05, 4.69) is 4.90 Å². The number of furan rings is 1. The minimum absolute atomic E-state index is 0.169. The molecular weight excluding hydrogens is 457 g/mol. The number of hydrogen-bond donors (Lipinski definition) is 1. The molecule has 1 saturated heterocycles. The van der Waals surface area contributed by atoms with Gasteiger partial charge in [-0.15, -0.1) is 22.7 Å². The lowest BCUT2D eigenvalue weighted by Gasteiger charge is -2.25. The summed E-state index contributed by atoms with van der Waals surface area (Å²) in [7, 11) is 0. The minimum Gasteiger partial charge on any atom is -0.461 e. The normalized spacial score (nSPS) is 16.6. The molecule has 172 valence electrons. The molecule has 4 heterocycles. The highest BCUT2D eigenvalue weighted by atomic mass is 32.1. The Kier molecular flexibility index (Phi) is 6.76. The molecule has 1 unspecified atom stereocenters. The van der Waals surface area contributed by atoms with E-state index in [-0.39, 0.29) is 11.9 Å². The Balaban J connectivity index is 1.40. The summed E-state index contributed by atoms with van der Waals surface area (Å²) in [6, 6.07) is 18.2. The van der Waals surface area contributed by atoms with Crippen molar-refractivity contribution < 1.29 is 18.7 Å². The second-order valence-corrected chi connectivity index (χ2v) is 10.3. The second kappa shape index (κ2) is 9.91. The molecule has 1 aliphatic rings. The predicted molar refractivity (Wildman–Crippen MR) is 129 cm³/mol. The highest BCUT2D eigenvalue weighted by Gasteiger charge is 2.39. The molecule has 4 nitrogen and oxygen atoms in total. The van der Waals surface area contributed by atoms with Crippen LogP contribution in [0.15, 0.2) is 75.8 Å². The number of rotatable bonds is 9. The Morgan fingerprint density at radius 3 is 2.42 bits per heavy atom. The Morgan fingerprint density at radius 1 is 1.00 bits per heavy atom. The van der Waals surface area contributed by atoms with Crippen molar-refractivity contribution >= 4 is 22.7 Å². The van der Waals surface area contributed by atoms with E-state index in [9.17, 15) is 9.50 Å². The molecule has 7 heteroatoms. The Bertz CT molecular complexity index is 1120. The van der Waals surface area contributed by atoms with Crippen LogP contribution in [-0.4, -0.2) is 29.3 Å². The lowest BCUT2D eigenvalue weighted by atomic mass is 9.97. The first kappa shape index (κ1) is 22.5. The number of halogens is 1. The summed E-state index contributed by atoms with van der Waals surface area (Å²) < 4.78 is 25.9. The fourth-order valence-electron chi connectivity index (χ4n) is 4.37. The van der Waals surface area contributed by atoms with Crippen LogP contribution >= 0.6 is 22.7 Å². The standard InChI is InChI=1S/C26H26FNO3S2/c27-20-6-1-5-19(15-20)16-28(17-21-7-2-12-30-21)18-22-10-11-23(31-22)26(29,24-8-3-13-32-24)25-9-4-14-33-25/h1,3-6,8-11,13-15,21,29H,2,7,12,16-18H2. The fourth-order valence-corrected chi connectivity index (χ4v) is 6.11. The molecule has 1 atom stereocenters. The largest absolute Gasteiger partial charge is 0.461 e. The van der Waals surface area contributed by atoms with Crippen LogP contribution in [0.2, 0.25) is 0 Å². The first-order chi connectivity index (χ1) is 16.1. The van der Waals surface area contributed by atoms with Gasteiger partial charge in [-0.2, -0.15) is 0 Å². The van der Waals surface area contributed by atoms with Crippen molar-refractivity contribution in [1.82, 2.24) is 4.90 Å². The first-order valence-electron chi connectivity index (χ1n) is 11.1. The molecule has 1 aliphatic heterocycles. The number of thiophene rings is 2. The average Bonchev–Trinajstić information content (AvgIpc) is 3.62. The van der Waals surface area contributed by atoms with Gasteiger partial charge in [-0.05, 0) is 65.6 Å². The van der Waals surface area contributed by atoms with Crippen molar-refractivity contribution in [2.75, 3.05) is 13.2 Å². The summed E-state index contributed by atoms with van der Waals surface area (Å²) in [6.45, 7) is 2.67. The number of hydrogen-bond acceptors (Lipinski definition) is 6. The molecule has 1 aromatic carbocycles. The summed E-state index contributed by atoms with van der Waals surface area (Å²) >= 11 is 3.01. The second-order valence-electron chi connectivity index (χ2n) is 8.37. The third-order valence-corrected chi connectivity index (χ3v) is 7.89. The molecule has 33 heavy (non-hydrogen) atoms. The molecule has 1 N–H and O–H groups in total. The lowest BCUT2D eigenvalue weighted by Crippen LogP contribution is -2.31. The number of nitrogens with zero attached hydrogens (tertiary/aromatic N) is 1. The predicted octanol–water partition coefficient (Wildman–Crippen LogP) is 6.01. The minimum atomic E-state index is -1.32. The van der Waals surface area contributed by atoms with Gasteiger partial charge in [0.05, 0.1) is 12.6 Å². The zero-order valence-corrected chi connectivity index (χ0v) is 19.8. The van der Waals surface area contributed by atoms with E-state index < -0.39 is 5.60 Å². The van der Waals surface area contributed by atoms with Crippen LogP contribution in [0.4, 0.5) is 4.39 Å². The van der Waals surface area contributed by atoms with Gasteiger partial charge in [0.25, 0.3) is 0 Å². The summed E-state index contributed by atoms with van der Waals surface area (Å²) in [6.07, 6.45) is 2.26. The van der Waals surface area contributed by atoms with E-state index in [1.165, 1.54) is 28.7 Å². The summed E-state index contributed by atoms with van der Waals surface area (Å²) in [5.41, 5.74) is -0.406. The first-order valence-corrected chi connectivity index (χ1v) is 12.8. The van der Waals surface area contributed by atoms with E-state index in [1.807, 2.05) is 53.2 Å². The zero-order chi connectivity index (χ0) is 22.7. The molecule has 0 saturated carbocycles. The van der Waals surface area contributed by atoms with E-state index in [1.54, 1.807) is 12.1 Å². The molecule has 0 amide bonds. The molecule has 0 radical (unpaired) electrons. The van der Waals surface area contributed by atoms with Crippen molar-refractivity contribution in [2.24, 2.45) is 0 Å².